The number of nitrogens with one attached hydrogen (secondary N) is 1. The number of methoxy groups -OCH3 is 1. The zero-order valence-corrected chi connectivity index (χ0v) is 11.2. The third kappa shape index (κ3) is 4.28. The van der Waals surface area contributed by atoms with Crippen molar-refractivity contribution in [2.45, 2.75) is 38.8 Å². The molecule has 0 radical (unpaired) electrons. The number of ether oxygens (including phenoxy) is 1. The van der Waals surface area contributed by atoms with Crippen molar-refractivity contribution < 1.29 is 4.74 Å². The van der Waals surface area contributed by atoms with Gasteiger partial charge >= 0.3 is 0 Å². The van der Waals surface area contributed by atoms with Gasteiger partial charge in [0.2, 0.25) is 0 Å². The molecule has 2 rings (SSSR count). The van der Waals surface area contributed by atoms with Crippen LogP contribution in [0.1, 0.15) is 36.8 Å². The Morgan fingerprint density at radius 1 is 1.17 bits per heavy atom. The minimum Gasteiger partial charge on any atom is -0.380 e. The predicted molar refractivity (Wildman–Crippen MR) is 75.4 cm³/mol. The summed E-state index contributed by atoms with van der Waals surface area (Å²) in [4.78, 5) is 0. The van der Waals surface area contributed by atoms with Crippen LogP contribution in [-0.4, -0.2) is 13.7 Å². The summed E-state index contributed by atoms with van der Waals surface area (Å²) >= 11 is 0. The highest BCUT2D eigenvalue weighted by Gasteiger charge is 2.03. The fraction of sp³-hybridized carbons (Fsp3) is 0.500. The van der Waals surface area contributed by atoms with E-state index in [0.29, 0.717) is 6.61 Å². The average molecular weight is 245 g/mol. The molecule has 1 N–H and O–H groups in total. The second-order valence-corrected chi connectivity index (χ2v) is 4.93. The number of benzene rings is 1. The van der Waals surface area contributed by atoms with Gasteiger partial charge in [-0.25, -0.2) is 0 Å². The lowest BCUT2D eigenvalue weighted by molar-refractivity contribution is 0.185. The van der Waals surface area contributed by atoms with E-state index >= 15 is 0 Å². The van der Waals surface area contributed by atoms with Crippen LogP contribution in [-0.2, 0) is 17.9 Å². The van der Waals surface area contributed by atoms with E-state index < -0.39 is 0 Å². The second-order valence-electron chi connectivity index (χ2n) is 4.93. The third-order valence-corrected chi connectivity index (χ3v) is 3.42. The lowest BCUT2D eigenvalue weighted by Crippen LogP contribution is -2.15. The average Bonchev–Trinajstić information content (AvgIpc) is 2.90. The van der Waals surface area contributed by atoms with Crippen molar-refractivity contribution in [1.82, 2.24) is 5.32 Å². The molecule has 2 heteroatoms. The highest BCUT2D eigenvalue weighted by atomic mass is 16.5. The van der Waals surface area contributed by atoms with Crippen LogP contribution in [0, 0.1) is 0 Å². The summed E-state index contributed by atoms with van der Waals surface area (Å²) in [5, 5.41) is 3.51. The van der Waals surface area contributed by atoms with E-state index in [1.807, 2.05) is 0 Å². The van der Waals surface area contributed by atoms with Crippen LogP contribution in [0.5, 0.6) is 0 Å². The molecule has 1 aromatic rings. The summed E-state index contributed by atoms with van der Waals surface area (Å²) in [6, 6.07) is 8.63. The molecule has 18 heavy (non-hydrogen) atoms. The van der Waals surface area contributed by atoms with Gasteiger partial charge in [-0.15, -0.1) is 0 Å². The third-order valence-electron chi connectivity index (χ3n) is 3.42. The summed E-state index contributed by atoms with van der Waals surface area (Å²) in [6.07, 6.45) is 7.57. The molecule has 98 valence electrons. The van der Waals surface area contributed by atoms with Gasteiger partial charge in [0.15, 0.2) is 0 Å². The fourth-order valence-electron chi connectivity index (χ4n) is 2.37. The molecule has 0 fully saturated rings. The Kier molecular flexibility index (Phi) is 5.43. The lowest BCUT2D eigenvalue weighted by atomic mass is 10.1. The van der Waals surface area contributed by atoms with Crippen molar-refractivity contribution >= 4 is 0 Å². The largest absolute Gasteiger partial charge is 0.380 e. The van der Waals surface area contributed by atoms with Gasteiger partial charge in [-0.05, 0) is 43.4 Å². The van der Waals surface area contributed by atoms with E-state index in [1.54, 1.807) is 12.7 Å². The van der Waals surface area contributed by atoms with Crippen molar-refractivity contribution in [2.75, 3.05) is 13.7 Å². The van der Waals surface area contributed by atoms with Gasteiger partial charge in [0.05, 0.1) is 6.61 Å². The molecule has 1 aliphatic rings. The summed E-state index contributed by atoms with van der Waals surface area (Å²) in [5.41, 5.74) is 4.21. The molecule has 0 aliphatic heterocycles. The van der Waals surface area contributed by atoms with Gasteiger partial charge in [-0.3, -0.25) is 0 Å². The standard InChI is InChI=1S/C16H23NO/c1-18-13-16-8-6-15(7-9-16)12-17-11-10-14-4-2-3-5-14/h4,6-9,17H,2-3,5,10-13H2,1H3. The Balaban J connectivity index is 1.66. The van der Waals surface area contributed by atoms with E-state index in [9.17, 15) is 0 Å². The molecular formula is C16H23NO. The Morgan fingerprint density at radius 3 is 2.61 bits per heavy atom. The fourth-order valence-corrected chi connectivity index (χ4v) is 2.37. The van der Waals surface area contributed by atoms with Crippen LogP contribution >= 0.6 is 0 Å². The van der Waals surface area contributed by atoms with E-state index in [4.69, 9.17) is 4.74 Å². The van der Waals surface area contributed by atoms with Crippen LogP contribution in [0.2, 0.25) is 0 Å². The summed E-state index contributed by atoms with van der Waals surface area (Å²) in [7, 11) is 1.73. The van der Waals surface area contributed by atoms with E-state index in [0.717, 1.165) is 13.1 Å². The summed E-state index contributed by atoms with van der Waals surface area (Å²) < 4.78 is 5.10. The zero-order chi connectivity index (χ0) is 12.6. The van der Waals surface area contributed by atoms with E-state index in [2.05, 4.69) is 35.7 Å². The number of allylic oxidation sites excluding steroid dienone is 1. The van der Waals surface area contributed by atoms with Gasteiger partial charge in [-0.2, -0.15) is 0 Å². The number of hydrogen-bond donors (Lipinski definition) is 1. The molecule has 0 bridgehead atoms. The van der Waals surface area contributed by atoms with Crippen molar-refractivity contribution in [3.05, 3.63) is 47.0 Å². The topological polar surface area (TPSA) is 21.3 Å². The van der Waals surface area contributed by atoms with Crippen LogP contribution in [0.3, 0.4) is 0 Å². The SMILES string of the molecule is COCc1ccc(CNCCC2=CCCC2)cc1. The first-order valence-electron chi connectivity index (χ1n) is 6.84. The second kappa shape index (κ2) is 7.34. The van der Waals surface area contributed by atoms with Gasteiger partial charge in [-0.1, -0.05) is 35.9 Å². The first-order chi connectivity index (χ1) is 8.88. The Bertz CT molecular complexity index is 381. The predicted octanol–water partition coefficient (Wildman–Crippen LogP) is 3.42. The maximum atomic E-state index is 5.10. The first kappa shape index (κ1) is 13.3. The van der Waals surface area contributed by atoms with Crippen LogP contribution in [0.15, 0.2) is 35.9 Å². The molecular weight excluding hydrogens is 222 g/mol. The molecule has 0 saturated heterocycles. The van der Waals surface area contributed by atoms with Crippen LogP contribution in [0.25, 0.3) is 0 Å². The molecule has 0 spiro atoms. The minimum absolute atomic E-state index is 0.696. The normalized spacial score (nSPS) is 14.8. The Morgan fingerprint density at radius 2 is 1.94 bits per heavy atom. The minimum atomic E-state index is 0.696. The van der Waals surface area contributed by atoms with Gasteiger partial charge in [0.25, 0.3) is 0 Å². The van der Waals surface area contributed by atoms with E-state index in [1.165, 1.54) is 36.8 Å². The molecule has 0 atom stereocenters. The highest BCUT2D eigenvalue weighted by molar-refractivity contribution is 5.22. The molecule has 0 aromatic heterocycles. The molecule has 1 aromatic carbocycles. The van der Waals surface area contributed by atoms with E-state index in [-0.39, 0.29) is 0 Å². The monoisotopic (exact) mass is 245 g/mol. The highest BCUT2D eigenvalue weighted by Crippen LogP contribution is 2.19. The Hall–Kier alpha value is -1.12. The molecule has 1 aliphatic carbocycles. The number of hydrogen-bond acceptors (Lipinski definition) is 2. The van der Waals surface area contributed by atoms with Gasteiger partial charge in [0, 0.05) is 13.7 Å². The van der Waals surface area contributed by atoms with Crippen LogP contribution in [0.4, 0.5) is 0 Å². The molecule has 0 unspecified atom stereocenters. The zero-order valence-electron chi connectivity index (χ0n) is 11.2. The maximum absolute atomic E-state index is 5.10. The van der Waals surface area contributed by atoms with Crippen molar-refractivity contribution in [2.24, 2.45) is 0 Å². The van der Waals surface area contributed by atoms with Crippen molar-refractivity contribution in [3.8, 4) is 0 Å². The smallest absolute Gasteiger partial charge is 0.0713 e. The van der Waals surface area contributed by atoms with Gasteiger partial charge < -0.3 is 10.1 Å². The van der Waals surface area contributed by atoms with Crippen LogP contribution < -0.4 is 5.32 Å². The Labute approximate surface area is 110 Å². The number of rotatable bonds is 7. The quantitative estimate of drug-likeness (QED) is 0.587. The molecule has 0 amide bonds. The van der Waals surface area contributed by atoms with Crippen molar-refractivity contribution in [1.29, 1.82) is 0 Å². The van der Waals surface area contributed by atoms with Crippen molar-refractivity contribution in [3.63, 3.8) is 0 Å². The lowest BCUT2D eigenvalue weighted by Gasteiger charge is -2.06. The summed E-state index contributed by atoms with van der Waals surface area (Å²) in [5.74, 6) is 0. The van der Waals surface area contributed by atoms with Gasteiger partial charge in [0.1, 0.15) is 0 Å². The molecule has 0 heterocycles. The molecule has 2 nitrogen and oxygen atoms in total. The molecule has 0 saturated carbocycles. The summed E-state index contributed by atoms with van der Waals surface area (Å²) in [6.45, 7) is 2.74. The first-order valence-corrected chi connectivity index (χ1v) is 6.84. The maximum Gasteiger partial charge on any atom is 0.0713 e.